The van der Waals surface area contributed by atoms with E-state index in [0.717, 1.165) is 43.4 Å². The Morgan fingerprint density at radius 3 is 2.44 bits per heavy atom. The van der Waals surface area contributed by atoms with E-state index in [-0.39, 0.29) is 23.7 Å². The van der Waals surface area contributed by atoms with Crippen LogP contribution in [-0.4, -0.2) is 33.7 Å². The normalized spacial score (nSPS) is 14.6. The number of hydrogen-bond donors (Lipinski definition) is 3. The Morgan fingerprint density at radius 2 is 1.69 bits per heavy atom. The number of nitrogens with zero attached hydrogens (tertiary/aromatic N) is 3. The van der Waals surface area contributed by atoms with Crippen molar-refractivity contribution >= 4 is 28.4 Å². The van der Waals surface area contributed by atoms with E-state index >= 15 is 0 Å². The van der Waals surface area contributed by atoms with Crippen LogP contribution in [0.5, 0.6) is 0 Å². The van der Waals surface area contributed by atoms with Crippen LogP contribution in [0.3, 0.4) is 0 Å². The van der Waals surface area contributed by atoms with Crippen LogP contribution < -0.4 is 21.5 Å². The van der Waals surface area contributed by atoms with E-state index in [1.807, 2.05) is 24.3 Å². The molecule has 1 fully saturated rings. The van der Waals surface area contributed by atoms with E-state index in [2.05, 4.69) is 25.9 Å². The molecule has 1 aliphatic heterocycles. The summed E-state index contributed by atoms with van der Waals surface area (Å²) in [7, 11) is 0. The highest BCUT2D eigenvalue weighted by atomic mass is 19.4. The van der Waals surface area contributed by atoms with Crippen molar-refractivity contribution in [3.8, 4) is 0 Å². The van der Waals surface area contributed by atoms with Crippen LogP contribution in [0.4, 0.5) is 30.5 Å². The number of anilines is 3. The van der Waals surface area contributed by atoms with E-state index < -0.39 is 17.3 Å². The summed E-state index contributed by atoms with van der Waals surface area (Å²) >= 11 is 0. The minimum Gasteiger partial charge on any atom is -0.382 e. The zero-order valence-corrected chi connectivity index (χ0v) is 19.3. The summed E-state index contributed by atoms with van der Waals surface area (Å²) in [4.78, 5) is 21.4. The van der Waals surface area contributed by atoms with Crippen molar-refractivity contribution in [3.05, 3.63) is 88.3 Å². The summed E-state index contributed by atoms with van der Waals surface area (Å²) in [5, 5.41) is 10.5. The van der Waals surface area contributed by atoms with Crippen LogP contribution in [0.1, 0.15) is 24.0 Å². The number of benzene rings is 2. The summed E-state index contributed by atoms with van der Waals surface area (Å²) in [6, 6.07) is 16.3. The van der Waals surface area contributed by atoms with Crippen molar-refractivity contribution in [1.82, 2.24) is 19.9 Å². The average molecular weight is 495 g/mol. The number of nitrogens with one attached hydrogen (secondary N) is 3. The van der Waals surface area contributed by atoms with Crippen LogP contribution in [0.2, 0.25) is 0 Å². The SMILES string of the molecule is O=c1ccc2cnc(Nc3ccc(NC4CCNCC4)cc3)nc2n1Cc1ccccc1C(F)(F)F. The predicted octanol–water partition coefficient (Wildman–Crippen LogP) is 4.77. The van der Waals surface area contributed by atoms with E-state index in [1.54, 1.807) is 12.3 Å². The fraction of sp³-hybridized carbons (Fsp3) is 0.269. The highest BCUT2D eigenvalue weighted by Crippen LogP contribution is 2.32. The molecule has 0 unspecified atom stereocenters. The van der Waals surface area contributed by atoms with Gasteiger partial charge in [-0.05, 0) is 67.9 Å². The van der Waals surface area contributed by atoms with Gasteiger partial charge in [0.2, 0.25) is 5.95 Å². The van der Waals surface area contributed by atoms with Gasteiger partial charge in [-0.25, -0.2) is 4.98 Å². The molecule has 0 saturated carbocycles. The van der Waals surface area contributed by atoms with Crippen LogP contribution in [0.25, 0.3) is 11.0 Å². The molecule has 3 heterocycles. The quantitative estimate of drug-likeness (QED) is 0.358. The van der Waals surface area contributed by atoms with Crippen molar-refractivity contribution in [3.63, 3.8) is 0 Å². The van der Waals surface area contributed by atoms with E-state index in [1.165, 1.54) is 28.8 Å². The molecule has 0 radical (unpaired) electrons. The van der Waals surface area contributed by atoms with E-state index in [9.17, 15) is 18.0 Å². The van der Waals surface area contributed by atoms with Gasteiger partial charge in [-0.15, -0.1) is 0 Å². The molecule has 4 aromatic rings. The Bertz CT molecular complexity index is 1410. The highest BCUT2D eigenvalue weighted by molar-refractivity contribution is 5.76. The summed E-state index contributed by atoms with van der Waals surface area (Å²) in [5.74, 6) is 0.241. The van der Waals surface area contributed by atoms with Crippen molar-refractivity contribution in [2.24, 2.45) is 0 Å². The molecular formula is C26H25F3N6O. The minimum atomic E-state index is -4.53. The summed E-state index contributed by atoms with van der Waals surface area (Å²) in [5.41, 5.74) is 0.782. The molecule has 0 spiro atoms. The van der Waals surface area contributed by atoms with Gasteiger partial charge in [0, 0.05) is 35.1 Å². The minimum absolute atomic E-state index is 0.00967. The second-order valence-electron chi connectivity index (χ2n) is 8.76. The number of aromatic nitrogens is 3. The van der Waals surface area contributed by atoms with Gasteiger partial charge in [0.1, 0.15) is 5.65 Å². The summed E-state index contributed by atoms with van der Waals surface area (Å²) < 4.78 is 41.7. The molecule has 0 amide bonds. The lowest BCUT2D eigenvalue weighted by Crippen LogP contribution is -2.35. The molecule has 1 saturated heterocycles. The fourth-order valence-electron chi connectivity index (χ4n) is 4.37. The third kappa shape index (κ3) is 5.33. The summed E-state index contributed by atoms with van der Waals surface area (Å²) in [6.45, 7) is 1.74. The Hall–Kier alpha value is -3.92. The van der Waals surface area contributed by atoms with Crippen molar-refractivity contribution in [2.45, 2.75) is 31.6 Å². The van der Waals surface area contributed by atoms with Crippen molar-refractivity contribution < 1.29 is 13.2 Å². The van der Waals surface area contributed by atoms with Gasteiger partial charge < -0.3 is 16.0 Å². The van der Waals surface area contributed by atoms with Crippen LogP contribution in [0, 0.1) is 0 Å². The zero-order chi connectivity index (χ0) is 25.1. The monoisotopic (exact) mass is 494 g/mol. The number of rotatable bonds is 6. The standard InChI is InChI=1S/C26H25F3N6O/c27-26(28,29)22-4-2-1-3-18(22)16-35-23(36)10-5-17-15-31-25(34-24(17)35)33-20-8-6-19(7-9-20)32-21-11-13-30-14-12-21/h1-10,15,21,30,32H,11-14,16H2,(H,31,33,34). The maximum absolute atomic E-state index is 13.5. The first-order valence-electron chi connectivity index (χ1n) is 11.7. The maximum atomic E-state index is 13.5. The Morgan fingerprint density at radius 1 is 0.972 bits per heavy atom. The number of hydrogen-bond acceptors (Lipinski definition) is 6. The third-order valence-electron chi connectivity index (χ3n) is 6.23. The molecule has 7 nitrogen and oxygen atoms in total. The van der Waals surface area contributed by atoms with Gasteiger partial charge in [0.05, 0.1) is 12.1 Å². The molecule has 36 heavy (non-hydrogen) atoms. The molecule has 3 N–H and O–H groups in total. The second kappa shape index (κ2) is 9.98. The topological polar surface area (TPSA) is 83.9 Å². The number of alkyl halides is 3. The van der Waals surface area contributed by atoms with E-state index in [0.29, 0.717) is 11.4 Å². The van der Waals surface area contributed by atoms with Gasteiger partial charge in [-0.2, -0.15) is 18.2 Å². The number of pyridine rings is 1. The molecule has 0 bridgehead atoms. The molecule has 186 valence electrons. The number of piperidine rings is 1. The Kier molecular flexibility index (Phi) is 6.60. The number of fused-ring (bicyclic) bond motifs is 1. The average Bonchev–Trinajstić information content (AvgIpc) is 2.87. The molecule has 0 aliphatic carbocycles. The van der Waals surface area contributed by atoms with E-state index in [4.69, 9.17) is 0 Å². The Labute approximate surface area is 205 Å². The number of halogens is 3. The summed E-state index contributed by atoms with van der Waals surface area (Å²) in [6.07, 6.45) is -0.842. The lowest BCUT2D eigenvalue weighted by molar-refractivity contribution is -0.138. The molecule has 1 aliphatic rings. The van der Waals surface area contributed by atoms with Crippen molar-refractivity contribution in [1.29, 1.82) is 0 Å². The van der Waals surface area contributed by atoms with Gasteiger partial charge in [0.15, 0.2) is 0 Å². The maximum Gasteiger partial charge on any atom is 0.416 e. The predicted molar refractivity (Wildman–Crippen MR) is 134 cm³/mol. The third-order valence-corrected chi connectivity index (χ3v) is 6.23. The van der Waals surface area contributed by atoms with Crippen LogP contribution in [-0.2, 0) is 12.7 Å². The first-order chi connectivity index (χ1) is 17.4. The molecule has 2 aromatic carbocycles. The molecule has 5 rings (SSSR count). The lowest BCUT2D eigenvalue weighted by Gasteiger charge is -2.24. The molecule has 10 heteroatoms. The zero-order valence-electron chi connectivity index (χ0n) is 19.3. The van der Waals surface area contributed by atoms with Gasteiger partial charge in [-0.1, -0.05) is 18.2 Å². The van der Waals surface area contributed by atoms with Gasteiger partial charge >= 0.3 is 6.18 Å². The van der Waals surface area contributed by atoms with Crippen LogP contribution >= 0.6 is 0 Å². The lowest BCUT2D eigenvalue weighted by atomic mass is 10.1. The Balaban J connectivity index is 1.40. The van der Waals surface area contributed by atoms with Gasteiger partial charge in [-0.3, -0.25) is 9.36 Å². The highest BCUT2D eigenvalue weighted by Gasteiger charge is 2.33. The second-order valence-corrected chi connectivity index (χ2v) is 8.76. The van der Waals surface area contributed by atoms with Crippen LogP contribution in [0.15, 0.2) is 71.7 Å². The molecule has 2 aromatic heterocycles. The van der Waals surface area contributed by atoms with Crippen molar-refractivity contribution in [2.75, 3.05) is 23.7 Å². The first-order valence-corrected chi connectivity index (χ1v) is 11.7. The molecular weight excluding hydrogens is 469 g/mol. The fourth-order valence-corrected chi connectivity index (χ4v) is 4.37. The first kappa shape index (κ1) is 23.8. The van der Waals surface area contributed by atoms with Gasteiger partial charge in [0.25, 0.3) is 5.56 Å². The molecule has 0 atom stereocenters. The largest absolute Gasteiger partial charge is 0.416 e. The smallest absolute Gasteiger partial charge is 0.382 e.